The average molecular weight is 355 g/mol. The summed E-state index contributed by atoms with van der Waals surface area (Å²) in [6, 6.07) is 20.2. The van der Waals surface area contributed by atoms with E-state index in [4.69, 9.17) is 9.97 Å². The van der Waals surface area contributed by atoms with Crippen LogP contribution in [0.5, 0.6) is 0 Å². The van der Waals surface area contributed by atoms with Gasteiger partial charge in [-0.25, -0.2) is 19.9 Å². The minimum Gasteiger partial charge on any atom is -0.364 e. The maximum absolute atomic E-state index is 4.96. The molecule has 0 amide bonds. The molecule has 2 aromatic carbocycles. The van der Waals surface area contributed by atoms with Gasteiger partial charge in [-0.3, -0.25) is 0 Å². The summed E-state index contributed by atoms with van der Waals surface area (Å²) >= 11 is 0. The Morgan fingerprint density at radius 1 is 0.704 bits per heavy atom. The molecule has 4 aromatic rings. The molecule has 0 fully saturated rings. The second-order valence-electron chi connectivity index (χ2n) is 7.42. The number of nitrogens with zero attached hydrogens (tertiary/aromatic N) is 4. The van der Waals surface area contributed by atoms with Crippen molar-refractivity contribution in [3.8, 4) is 22.5 Å². The molecular weight excluding hydrogens is 334 g/mol. The average Bonchev–Trinajstić information content (AvgIpc) is 2.67. The van der Waals surface area contributed by atoms with Crippen molar-refractivity contribution in [2.24, 2.45) is 0 Å². The lowest BCUT2D eigenvalue weighted by Crippen LogP contribution is -2.27. The quantitative estimate of drug-likeness (QED) is 0.562. The number of rotatable bonds is 3. The molecule has 4 rings (SSSR count). The first-order chi connectivity index (χ1) is 13.0. The molecule has 134 valence electrons. The molecule has 0 aliphatic rings. The lowest BCUT2D eigenvalue weighted by atomic mass is 10.0. The van der Waals surface area contributed by atoms with Crippen molar-refractivity contribution in [3.05, 3.63) is 67.0 Å². The molecule has 0 aliphatic heterocycles. The smallest absolute Gasteiger partial charge is 0.184 e. The maximum Gasteiger partial charge on any atom is 0.184 e. The van der Waals surface area contributed by atoms with E-state index in [1.165, 1.54) is 6.33 Å². The topological polar surface area (TPSA) is 63.6 Å². The van der Waals surface area contributed by atoms with Crippen LogP contribution in [0.3, 0.4) is 0 Å². The summed E-state index contributed by atoms with van der Waals surface area (Å²) in [6.07, 6.45) is 1.53. The monoisotopic (exact) mass is 355 g/mol. The molecule has 0 saturated heterocycles. The fraction of sp³-hybridized carbons (Fsp3) is 0.182. The van der Waals surface area contributed by atoms with E-state index in [9.17, 15) is 0 Å². The van der Waals surface area contributed by atoms with E-state index in [2.05, 4.69) is 36.1 Å². The second-order valence-corrected chi connectivity index (χ2v) is 7.42. The first-order valence-corrected chi connectivity index (χ1v) is 8.93. The van der Waals surface area contributed by atoms with Crippen LogP contribution in [-0.2, 0) is 0 Å². The van der Waals surface area contributed by atoms with Gasteiger partial charge < -0.3 is 5.32 Å². The van der Waals surface area contributed by atoms with Crippen LogP contribution in [0.25, 0.3) is 33.7 Å². The fourth-order valence-corrected chi connectivity index (χ4v) is 2.92. The standard InChI is InChI=1S/C22H21N5/c1-22(2,3)27-21-19-20(23-14-24-21)26-18(16-12-8-5-9-13-16)17(25-19)15-10-6-4-7-11-15/h4-14H,1-3H3,(H,23,24,26,27). The lowest BCUT2D eigenvalue weighted by Gasteiger charge is -2.22. The zero-order valence-corrected chi connectivity index (χ0v) is 15.6. The molecule has 5 heteroatoms. The van der Waals surface area contributed by atoms with Crippen molar-refractivity contribution < 1.29 is 0 Å². The molecule has 0 saturated carbocycles. The van der Waals surface area contributed by atoms with Crippen LogP contribution in [0, 0.1) is 0 Å². The van der Waals surface area contributed by atoms with Crippen LogP contribution in [-0.4, -0.2) is 25.5 Å². The minimum absolute atomic E-state index is 0.145. The molecule has 0 radical (unpaired) electrons. The Labute approximate surface area is 158 Å². The molecule has 5 nitrogen and oxygen atoms in total. The molecule has 2 heterocycles. The van der Waals surface area contributed by atoms with E-state index in [0.717, 1.165) is 22.5 Å². The summed E-state index contributed by atoms with van der Waals surface area (Å²) in [5.41, 5.74) is 4.76. The maximum atomic E-state index is 4.96. The highest BCUT2D eigenvalue weighted by molar-refractivity contribution is 5.89. The van der Waals surface area contributed by atoms with Crippen LogP contribution < -0.4 is 5.32 Å². The molecule has 27 heavy (non-hydrogen) atoms. The molecule has 1 N–H and O–H groups in total. The van der Waals surface area contributed by atoms with Crippen LogP contribution in [0.4, 0.5) is 5.82 Å². The number of fused-ring (bicyclic) bond motifs is 1. The van der Waals surface area contributed by atoms with Crippen molar-refractivity contribution in [2.75, 3.05) is 5.32 Å². The highest BCUT2D eigenvalue weighted by Gasteiger charge is 2.18. The normalized spacial score (nSPS) is 11.5. The van der Waals surface area contributed by atoms with Gasteiger partial charge in [0.1, 0.15) is 6.33 Å². The Kier molecular flexibility index (Phi) is 4.28. The predicted molar refractivity (Wildman–Crippen MR) is 109 cm³/mol. The largest absolute Gasteiger partial charge is 0.364 e. The van der Waals surface area contributed by atoms with Crippen molar-refractivity contribution >= 4 is 17.0 Å². The predicted octanol–water partition coefficient (Wildman–Crippen LogP) is 4.96. The highest BCUT2D eigenvalue weighted by Crippen LogP contribution is 2.32. The molecule has 0 unspecified atom stereocenters. The first kappa shape index (κ1) is 17.1. The van der Waals surface area contributed by atoms with Gasteiger partial charge in [0.05, 0.1) is 11.4 Å². The van der Waals surface area contributed by atoms with Gasteiger partial charge >= 0.3 is 0 Å². The molecule has 0 spiro atoms. The molecule has 0 atom stereocenters. The van der Waals surface area contributed by atoms with Crippen LogP contribution >= 0.6 is 0 Å². The van der Waals surface area contributed by atoms with Gasteiger partial charge in [-0.15, -0.1) is 0 Å². The minimum atomic E-state index is -0.145. The number of benzene rings is 2. The third-order valence-electron chi connectivity index (χ3n) is 4.06. The van der Waals surface area contributed by atoms with Crippen LogP contribution in [0.15, 0.2) is 67.0 Å². The van der Waals surface area contributed by atoms with Gasteiger partial charge in [-0.2, -0.15) is 0 Å². The van der Waals surface area contributed by atoms with Crippen molar-refractivity contribution in [3.63, 3.8) is 0 Å². The Bertz CT molecular complexity index is 1070. The Balaban J connectivity index is 2.00. The highest BCUT2D eigenvalue weighted by atomic mass is 15.1. The van der Waals surface area contributed by atoms with E-state index in [1.54, 1.807) is 0 Å². The summed E-state index contributed by atoms with van der Waals surface area (Å²) in [5, 5.41) is 3.41. The third-order valence-corrected chi connectivity index (χ3v) is 4.06. The Hall–Kier alpha value is -3.34. The van der Waals surface area contributed by atoms with Crippen molar-refractivity contribution in [1.29, 1.82) is 0 Å². The van der Waals surface area contributed by atoms with Gasteiger partial charge in [0.2, 0.25) is 0 Å². The number of nitrogens with one attached hydrogen (secondary N) is 1. The Morgan fingerprint density at radius 3 is 1.81 bits per heavy atom. The Morgan fingerprint density at radius 2 is 1.26 bits per heavy atom. The number of hydrogen-bond donors (Lipinski definition) is 1. The van der Waals surface area contributed by atoms with Crippen molar-refractivity contribution in [2.45, 2.75) is 26.3 Å². The number of anilines is 1. The molecule has 2 aromatic heterocycles. The fourth-order valence-electron chi connectivity index (χ4n) is 2.92. The second kappa shape index (κ2) is 6.76. The van der Waals surface area contributed by atoms with Gasteiger partial charge in [0, 0.05) is 16.7 Å². The number of aromatic nitrogens is 4. The zero-order valence-electron chi connectivity index (χ0n) is 15.6. The zero-order chi connectivity index (χ0) is 18.9. The molecule has 0 bridgehead atoms. The van der Waals surface area contributed by atoms with E-state index in [1.807, 2.05) is 60.7 Å². The SMILES string of the molecule is CC(C)(C)Nc1ncnc2nc(-c3ccccc3)c(-c3ccccc3)nc12. The van der Waals surface area contributed by atoms with Gasteiger partial charge in [0.25, 0.3) is 0 Å². The summed E-state index contributed by atoms with van der Waals surface area (Å²) < 4.78 is 0. The van der Waals surface area contributed by atoms with Crippen molar-refractivity contribution in [1.82, 2.24) is 19.9 Å². The van der Waals surface area contributed by atoms with E-state index in [0.29, 0.717) is 17.0 Å². The van der Waals surface area contributed by atoms with E-state index in [-0.39, 0.29) is 5.54 Å². The van der Waals surface area contributed by atoms with E-state index < -0.39 is 0 Å². The van der Waals surface area contributed by atoms with Gasteiger partial charge in [-0.1, -0.05) is 60.7 Å². The van der Waals surface area contributed by atoms with E-state index >= 15 is 0 Å². The van der Waals surface area contributed by atoms with Crippen LogP contribution in [0.1, 0.15) is 20.8 Å². The third kappa shape index (κ3) is 3.62. The first-order valence-electron chi connectivity index (χ1n) is 8.93. The van der Waals surface area contributed by atoms with Crippen LogP contribution in [0.2, 0.25) is 0 Å². The number of hydrogen-bond acceptors (Lipinski definition) is 5. The summed E-state index contributed by atoms with van der Waals surface area (Å²) in [7, 11) is 0. The lowest BCUT2D eigenvalue weighted by molar-refractivity contribution is 0.631. The van der Waals surface area contributed by atoms with Gasteiger partial charge in [-0.05, 0) is 20.8 Å². The summed E-state index contributed by atoms with van der Waals surface area (Å²) in [6.45, 7) is 6.26. The molecular formula is C22H21N5. The van der Waals surface area contributed by atoms with Gasteiger partial charge in [0.15, 0.2) is 17.0 Å². The summed E-state index contributed by atoms with van der Waals surface area (Å²) in [5.74, 6) is 0.691. The summed E-state index contributed by atoms with van der Waals surface area (Å²) in [4.78, 5) is 18.6. The molecule has 0 aliphatic carbocycles.